The lowest BCUT2D eigenvalue weighted by molar-refractivity contribution is -0.373. The number of rotatable bonds is 21. The molecule has 0 amide bonds. The highest BCUT2D eigenvalue weighted by atomic mass is 16.8. The van der Waals surface area contributed by atoms with Gasteiger partial charge in [0, 0.05) is 28.9 Å². The van der Waals surface area contributed by atoms with E-state index in [2.05, 4.69) is 6.92 Å². The van der Waals surface area contributed by atoms with Crippen LogP contribution in [-0.4, -0.2) is 48.7 Å². The van der Waals surface area contributed by atoms with Gasteiger partial charge in [-0.1, -0.05) is 121 Å². The minimum atomic E-state index is -1.13. The number of aliphatic hydroxyl groups excluding tert-OH is 1. The van der Waals surface area contributed by atoms with Crippen molar-refractivity contribution in [3.05, 3.63) is 59.7 Å². The van der Waals surface area contributed by atoms with Crippen molar-refractivity contribution in [3.8, 4) is 0 Å². The first kappa shape index (κ1) is 37.1. The Morgan fingerprint density at radius 3 is 1.74 bits per heavy atom. The molecule has 2 aliphatic heterocycles. The van der Waals surface area contributed by atoms with Crippen LogP contribution in [-0.2, 0) is 28.5 Å². The average molecular weight is 655 g/mol. The summed E-state index contributed by atoms with van der Waals surface area (Å²) in [6.07, 6.45) is 14.8. The highest BCUT2D eigenvalue weighted by Crippen LogP contribution is 2.39. The molecule has 2 aliphatic rings. The van der Waals surface area contributed by atoms with Crippen molar-refractivity contribution < 1.29 is 33.6 Å². The number of ether oxygens (including phenoxy) is 5. The summed E-state index contributed by atoms with van der Waals surface area (Å²) in [5.74, 6) is -0.315. The van der Waals surface area contributed by atoms with Crippen molar-refractivity contribution in [2.45, 2.75) is 147 Å². The number of carbonyl (C=O) groups excluding carboxylic acids is 1. The second-order valence-electron chi connectivity index (χ2n) is 13.2. The Kier molecular flexibility index (Phi) is 16.3. The standard InChI is InChI=1S/C38H58N2O7/c1-2-3-4-5-6-7-8-9-10-11-12-13-14-15-16-17-34(42)43-26-32(41)35-36-33(45-38(46-35)29-20-24-31(40)25-21-29)27-44-37(47-36)28-18-22-30(39)23-19-28/h18-25,32-33,35-38,41H,2-17,26-27,39-40H2,1H3. The van der Waals surface area contributed by atoms with Gasteiger partial charge in [0.15, 0.2) is 12.6 Å². The molecule has 6 atom stereocenters. The molecule has 6 unspecified atom stereocenters. The van der Waals surface area contributed by atoms with Gasteiger partial charge in [-0.05, 0) is 30.7 Å². The maximum Gasteiger partial charge on any atom is 0.305 e. The third-order valence-electron chi connectivity index (χ3n) is 9.16. The number of hydrogen-bond donors (Lipinski definition) is 3. The van der Waals surface area contributed by atoms with Crippen LogP contribution < -0.4 is 11.5 Å². The predicted octanol–water partition coefficient (Wildman–Crippen LogP) is 7.91. The summed E-state index contributed by atoms with van der Waals surface area (Å²) in [6, 6.07) is 14.4. The Bertz CT molecular complexity index is 1150. The number of benzene rings is 2. The normalized spacial score (nSPS) is 23.2. The summed E-state index contributed by atoms with van der Waals surface area (Å²) in [4.78, 5) is 12.6. The summed E-state index contributed by atoms with van der Waals surface area (Å²) in [5, 5.41) is 11.3. The van der Waals surface area contributed by atoms with Gasteiger partial charge in [-0.2, -0.15) is 0 Å². The molecule has 2 saturated heterocycles. The Morgan fingerprint density at radius 2 is 1.21 bits per heavy atom. The molecule has 47 heavy (non-hydrogen) atoms. The number of fused-ring (bicyclic) bond motifs is 1. The molecule has 0 spiro atoms. The molecule has 2 heterocycles. The quantitative estimate of drug-likeness (QED) is 0.0697. The SMILES string of the molecule is CCCCCCCCCCCCCCCCCC(=O)OCC(O)C1OC(c2ccc(N)cc2)OC2COC(c3ccc(N)cc3)OC21. The van der Waals surface area contributed by atoms with Crippen LogP contribution in [0.1, 0.15) is 133 Å². The van der Waals surface area contributed by atoms with E-state index < -0.39 is 37.0 Å². The van der Waals surface area contributed by atoms with Crippen molar-refractivity contribution >= 4 is 17.3 Å². The van der Waals surface area contributed by atoms with Gasteiger partial charge in [0.2, 0.25) is 0 Å². The minimum Gasteiger partial charge on any atom is -0.463 e. The number of nitrogen functional groups attached to an aromatic ring is 2. The Labute approximate surface area is 281 Å². The van der Waals surface area contributed by atoms with E-state index in [4.69, 9.17) is 35.2 Å². The van der Waals surface area contributed by atoms with Gasteiger partial charge in [-0.3, -0.25) is 4.79 Å². The van der Waals surface area contributed by atoms with E-state index in [1.807, 2.05) is 24.3 Å². The van der Waals surface area contributed by atoms with E-state index in [1.165, 1.54) is 77.0 Å². The van der Waals surface area contributed by atoms with E-state index in [9.17, 15) is 9.90 Å². The third kappa shape index (κ3) is 12.7. The molecule has 0 saturated carbocycles. The van der Waals surface area contributed by atoms with Gasteiger partial charge < -0.3 is 40.3 Å². The number of aliphatic hydroxyl groups is 1. The number of unbranched alkanes of at least 4 members (excludes halogenated alkanes) is 14. The maximum absolute atomic E-state index is 12.6. The van der Waals surface area contributed by atoms with Gasteiger partial charge in [0.1, 0.15) is 31.0 Å². The zero-order valence-electron chi connectivity index (χ0n) is 28.4. The molecule has 9 heteroatoms. The van der Waals surface area contributed by atoms with Crippen LogP contribution in [0.2, 0.25) is 0 Å². The smallest absolute Gasteiger partial charge is 0.305 e. The molecule has 0 aromatic heterocycles. The largest absolute Gasteiger partial charge is 0.463 e. The molecule has 0 aliphatic carbocycles. The first-order chi connectivity index (χ1) is 22.9. The van der Waals surface area contributed by atoms with Crippen molar-refractivity contribution in [1.29, 1.82) is 0 Å². The van der Waals surface area contributed by atoms with Crippen molar-refractivity contribution in [3.63, 3.8) is 0 Å². The average Bonchev–Trinajstić information content (AvgIpc) is 3.09. The lowest BCUT2D eigenvalue weighted by Crippen LogP contribution is -2.58. The van der Waals surface area contributed by atoms with Crippen LogP contribution in [0.5, 0.6) is 0 Å². The van der Waals surface area contributed by atoms with E-state index in [0.29, 0.717) is 17.8 Å². The Hall–Kier alpha value is -2.69. The van der Waals surface area contributed by atoms with Crippen LogP contribution in [0, 0.1) is 0 Å². The predicted molar refractivity (Wildman–Crippen MR) is 184 cm³/mol. The van der Waals surface area contributed by atoms with Gasteiger partial charge in [0.25, 0.3) is 0 Å². The van der Waals surface area contributed by atoms with E-state index in [-0.39, 0.29) is 19.2 Å². The number of nitrogens with two attached hydrogens (primary N) is 2. The Balaban J connectivity index is 1.16. The molecule has 9 nitrogen and oxygen atoms in total. The summed E-state index contributed by atoms with van der Waals surface area (Å²) >= 11 is 0. The minimum absolute atomic E-state index is 0.198. The van der Waals surface area contributed by atoms with Crippen LogP contribution in [0.3, 0.4) is 0 Å². The molecule has 2 fully saturated rings. The van der Waals surface area contributed by atoms with Gasteiger partial charge >= 0.3 is 5.97 Å². The molecular formula is C38H58N2O7. The molecular weight excluding hydrogens is 596 g/mol. The van der Waals surface area contributed by atoms with Gasteiger partial charge in [-0.25, -0.2) is 0 Å². The summed E-state index contributed by atoms with van der Waals surface area (Å²) < 4.78 is 30.3. The highest BCUT2D eigenvalue weighted by molar-refractivity contribution is 5.69. The van der Waals surface area contributed by atoms with Gasteiger partial charge in [-0.15, -0.1) is 0 Å². The summed E-state index contributed by atoms with van der Waals surface area (Å²) in [5.41, 5.74) is 14.5. The molecule has 0 radical (unpaired) electrons. The fourth-order valence-corrected chi connectivity index (χ4v) is 6.30. The third-order valence-corrected chi connectivity index (χ3v) is 9.16. The second kappa shape index (κ2) is 20.6. The van der Waals surface area contributed by atoms with Crippen LogP contribution in [0.25, 0.3) is 0 Å². The van der Waals surface area contributed by atoms with Crippen molar-refractivity contribution in [2.24, 2.45) is 0 Å². The Morgan fingerprint density at radius 1 is 0.723 bits per heavy atom. The fourth-order valence-electron chi connectivity index (χ4n) is 6.30. The van der Waals surface area contributed by atoms with Crippen LogP contribution >= 0.6 is 0 Å². The zero-order valence-corrected chi connectivity index (χ0v) is 28.4. The van der Waals surface area contributed by atoms with E-state index in [1.54, 1.807) is 24.3 Å². The first-order valence-corrected chi connectivity index (χ1v) is 18.1. The first-order valence-electron chi connectivity index (χ1n) is 18.1. The fraction of sp³-hybridized carbons (Fsp3) is 0.658. The summed E-state index contributed by atoms with van der Waals surface area (Å²) in [6.45, 7) is 2.30. The highest BCUT2D eigenvalue weighted by Gasteiger charge is 2.48. The zero-order chi connectivity index (χ0) is 33.3. The van der Waals surface area contributed by atoms with E-state index >= 15 is 0 Å². The molecule has 4 rings (SSSR count). The second-order valence-corrected chi connectivity index (χ2v) is 13.2. The number of hydrogen-bond acceptors (Lipinski definition) is 9. The number of esters is 1. The number of carbonyl (C=O) groups is 1. The monoisotopic (exact) mass is 654 g/mol. The lowest BCUT2D eigenvalue weighted by atomic mass is 9.99. The van der Waals surface area contributed by atoms with Crippen LogP contribution in [0.4, 0.5) is 11.4 Å². The van der Waals surface area contributed by atoms with Crippen LogP contribution in [0.15, 0.2) is 48.5 Å². The molecule has 0 bridgehead atoms. The molecule has 262 valence electrons. The molecule has 2 aromatic rings. The maximum atomic E-state index is 12.6. The van der Waals surface area contributed by atoms with E-state index in [0.717, 1.165) is 30.4 Å². The summed E-state index contributed by atoms with van der Waals surface area (Å²) in [7, 11) is 0. The lowest BCUT2D eigenvalue weighted by Gasteiger charge is -2.47. The molecule has 5 N–H and O–H groups in total. The van der Waals surface area contributed by atoms with Crippen molar-refractivity contribution in [2.75, 3.05) is 24.7 Å². The van der Waals surface area contributed by atoms with Crippen molar-refractivity contribution in [1.82, 2.24) is 0 Å². The molecule has 2 aromatic carbocycles. The van der Waals surface area contributed by atoms with Gasteiger partial charge in [0.05, 0.1) is 6.61 Å². The topological polar surface area (TPSA) is 135 Å². The number of anilines is 2.